The van der Waals surface area contributed by atoms with Crippen molar-refractivity contribution in [1.82, 2.24) is 29.9 Å². The van der Waals surface area contributed by atoms with Gasteiger partial charge in [-0.3, -0.25) is 14.5 Å². The molecule has 34 heavy (non-hydrogen) atoms. The molecule has 1 N–H and O–H groups in total. The van der Waals surface area contributed by atoms with E-state index >= 15 is 0 Å². The molecule has 178 valence electrons. The third kappa shape index (κ3) is 5.32. The molecular formula is C24H28N6O4. The van der Waals surface area contributed by atoms with E-state index in [1.54, 1.807) is 23.1 Å². The molecule has 3 aromatic rings. The second-order valence-corrected chi connectivity index (χ2v) is 9.07. The van der Waals surface area contributed by atoms with Gasteiger partial charge < -0.3 is 14.6 Å². The van der Waals surface area contributed by atoms with Crippen molar-refractivity contribution in [2.24, 2.45) is 18.9 Å². The van der Waals surface area contributed by atoms with Crippen molar-refractivity contribution in [1.29, 1.82) is 0 Å². The van der Waals surface area contributed by atoms with Crippen LogP contribution < -0.4 is 9.47 Å². The first kappa shape index (κ1) is 22.2. The van der Waals surface area contributed by atoms with Crippen molar-refractivity contribution in [3.05, 3.63) is 42.1 Å². The van der Waals surface area contributed by atoms with Crippen LogP contribution in [0.2, 0.25) is 0 Å². The van der Waals surface area contributed by atoms with Gasteiger partial charge in [0.15, 0.2) is 0 Å². The zero-order valence-electron chi connectivity index (χ0n) is 19.1. The number of ether oxygens (including phenoxy) is 2. The largest absolute Gasteiger partial charge is 0.489 e. The van der Waals surface area contributed by atoms with Gasteiger partial charge in [0.05, 0.1) is 42.6 Å². The molecule has 0 amide bonds. The predicted molar refractivity (Wildman–Crippen MR) is 121 cm³/mol. The summed E-state index contributed by atoms with van der Waals surface area (Å²) in [6.45, 7) is 0.700. The molecule has 2 saturated carbocycles. The van der Waals surface area contributed by atoms with E-state index in [0.29, 0.717) is 60.6 Å². The number of nitrogens with zero attached hydrogens (tertiary/aromatic N) is 6. The second-order valence-electron chi connectivity index (χ2n) is 9.07. The highest BCUT2D eigenvalue weighted by atomic mass is 16.5. The molecule has 5 rings (SSSR count). The van der Waals surface area contributed by atoms with Crippen LogP contribution in [0.25, 0.3) is 11.4 Å². The smallest absolute Gasteiger partial charge is 0.306 e. The maximum Gasteiger partial charge on any atom is 0.306 e. The number of pyridine rings is 1. The van der Waals surface area contributed by atoms with Gasteiger partial charge in [-0.1, -0.05) is 5.21 Å². The minimum absolute atomic E-state index is 0.110. The average Bonchev–Trinajstić information content (AvgIpc) is 3.61. The van der Waals surface area contributed by atoms with Crippen LogP contribution in [0.15, 0.2) is 30.6 Å². The Morgan fingerprint density at radius 2 is 2.06 bits per heavy atom. The lowest BCUT2D eigenvalue weighted by atomic mass is 9.87. The van der Waals surface area contributed by atoms with Gasteiger partial charge in [0, 0.05) is 19.3 Å². The van der Waals surface area contributed by atoms with E-state index in [-0.39, 0.29) is 12.0 Å². The van der Waals surface area contributed by atoms with Crippen molar-refractivity contribution in [3.63, 3.8) is 0 Å². The number of aryl methyl sites for hydroxylation is 1. The van der Waals surface area contributed by atoms with Gasteiger partial charge in [-0.2, -0.15) is 4.98 Å². The highest BCUT2D eigenvalue weighted by molar-refractivity contribution is 5.70. The minimum Gasteiger partial charge on any atom is -0.489 e. The Hall–Kier alpha value is -3.56. The van der Waals surface area contributed by atoms with Gasteiger partial charge >= 0.3 is 5.97 Å². The molecule has 2 aliphatic rings. The molecule has 0 unspecified atom stereocenters. The molecule has 0 radical (unpaired) electrons. The molecule has 0 aliphatic heterocycles. The van der Waals surface area contributed by atoms with Crippen LogP contribution in [0, 0.1) is 11.8 Å². The summed E-state index contributed by atoms with van der Waals surface area (Å²) >= 11 is 0. The number of carbonyl (C=O) groups is 1. The Morgan fingerprint density at radius 3 is 2.82 bits per heavy atom. The van der Waals surface area contributed by atoms with Crippen LogP contribution >= 0.6 is 0 Å². The summed E-state index contributed by atoms with van der Waals surface area (Å²) in [7, 11) is 1.83. The average molecular weight is 465 g/mol. The Morgan fingerprint density at radius 1 is 1.18 bits per heavy atom. The van der Waals surface area contributed by atoms with Gasteiger partial charge in [0.25, 0.3) is 0 Å². The predicted octanol–water partition coefficient (Wildman–Crippen LogP) is 3.07. The summed E-state index contributed by atoms with van der Waals surface area (Å²) in [4.78, 5) is 24.8. The molecule has 2 aliphatic carbocycles. The number of aromatic nitrogens is 6. The fourth-order valence-corrected chi connectivity index (χ4v) is 4.22. The zero-order chi connectivity index (χ0) is 23.5. The van der Waals surface area contributed by atoms with E-state index in [4.69, 9.17) is 9.47 Å². The molecule has 0 bridgehead atoms. The molecule has 0 spiro atoms. The Kier molecular flexibility index (Phi) is 6.37. The quantitative estimate of drug-likeness (QED) is 0.508. The summed E-state index contributed by atoms with van der Waals surface area (Å²) in [5.41, 5.74) is 2.17. The first-order valence-electron chi connectivity index (χ1n) is 11.7. The van der Waals surface area contributed by atoms with E-state index in [1.165, 1.54) is 12.8 Å². The van der Waals surface area contributed by atoms with Crippen LogP contribution in [-0.2, 0) is 18.3 Å². The van der Waals surface area contributed by atoms with E-state index in [1.807, 2.05) is 19.2 Å². The van der Waals surface area contributed by atoms with Crippen molar-refractivity contribution >= 4 is 5.97 Å². The number of carboxylic acid groups (broad SMARTS) is 1. The topological polar surface area (TPSA) is 125 Å². The van der Waals surface area contributed by atoms with E-state index < -0.39 is 5.97 Å². The van der Waals surface area contributed by atoms with Crippen LogP contribution in [0.4, 0.5) is 0 Å². The highest BCUT2D eigenvalue weighted by Crippen LogP contribution is 2.30. The van der Waals surface area contributed by atoms with Crippen LogP contribution in [0.3, 0.4) is 0 Å². The molecule has 2 atom stereocenters. The number of carboxylic acids is 1. The van der Waals surface area contributed by atoms with Crippen molar-refractivity contribution in [3.8, 4) is 23.0 Å². The van der Waals surface area contributed by atoms with Gasteiger partial charge in [0.1, 0.15) is 17.3 Å². The lowest BCUT2D eigenvalue weighted by Crippen LogP contribution is -2.29. The van der Waals surface area contributed by atoms with Crippen molar-refractivity contribution in [2.45, 2.75) is 51.0 Å². The van der Waals surface area contributed by atoms with Gasteiger partial charge in [-0.05, 0) is 56.6 Å². The summed E-state index contributed by atoms with van der Waals surface area (Å²) in [6.07, 6.45) is 9.08. The van der Waals surface area contributed by atoms with E-state index in [9.17, 15) is 9.90 Å². The second kappa shape index (κ2) is 9.74. The molecule has 0 saturated heterocycles. The van der Waals surface area contributed by atoms with Gasteiger partial charge in [-0.15, -0.1) is 5.10 Å². The zero-order valence-corrected chi connectivity index (χ0v) is 19.1. The lowest BCUT2D eigenvalue weighted by molar-refractivity contribution is -0.143. The minimum atomic E-state index is -0.749. The molecule has 10 nitrogen and oxygen atoms in total. The molecule has 10 heteroatoms. The van der Waals surface area contributed by atoms with Gasteiger partial charge in [-0.25, -0.2) is 4.98 Å². The number of hydrogen-bond acceptors (Lipinski definition) is 8. The standard InChI is InChI=1S/C24H28N6O4/c1-30-20(12-21-25-10-9-22(27-21)33-14-15-5-6-15)23(28-29-30)19-8-7-18(13-26-19)34-17-4-2-3-16(11-17)24(31)32/h7-10,13,15-17H,2-6,11-12,14H2,1H3,(H,31,32)/t16-,17-/m0/s1. The van der Waals surface area contributed by atoms with Crippen molar-refractivity contribution in [2.75, 3.05) is 6.61 Å². The van der Waals surface area contributed by atoms with E-state index in [0.717, 1.165) is 18.5 Å². The van der Waals surface area contributed by atoms with Crippen LogP contribution in [-0.4, -0.2) is 53.7 Å². The fraction of sp³-hybridized carbons (Fsp3) is 0.500. The summed E-state index contributed by atoms with van der Waals surface area (Å²) in [5, 5.41) is 17.8. The maximum absolute atomic E-state index is 11.3. The number of hydrogen-bond donors (Lipinski definition) is 1. The summed E-state index contributed by atoms with van der Waals surface area (Å²) in [5.74, 6) is 1.40. The van der Waals surface area contributed by atoms with Crippen LogP contribution in [0.1, 0.15) is 50.0 Å². The third-order valence-corrected chi connectivity index (χ3v) is 6.37. The lowest BCUT2D eigenvalue weighted by Gasteiger charge is -2.27. The third-order valence-electron chi connectivity index (χ3n) is 6.37. The highest BCUT2D eigenvalue weighted by Gasteiger charge is 2.28. The molecule has 2 fully saturated rings. The van der Waals surface area contributed by atoms with Crippen LogP contribution in [0.5, 0.6) is 11.6 Å². The molecule has 3 heterocycles. The first-order valence-corrected chi connectivity index (χ1v) is 11.7. The normalized spacial score (nSPS) is 20.1. The molecule has 0 aromatic carbocycles. The Bertz CT molecular complexity index is 1140. The Balaban J connectivity index is 1.27. The SMILES string of the molecule is Cn1nnc(-c2ccc(O[C@H]3CCC[C@H](C(=O)O)C3)cn2)c1Cc1nccc(OCC2CC2)n1. The number of rotatable bonds is 9. The molecular weight excluding hydrogens is 436 g/mol. The fourth-order valence-electron chi connectivity index (χ4n) is 4.22. The monoisotopic (exact) mass is 464 g/mol. The van der Waals surface area contributed by atoms with Crippen molar-refractivity contribution < 1.29 is 19.4 Å². The van der Waals surface area contributed by atoms with E-state index in [2.05, 4.69) is 25.3 Å². The molecule has 3 aromatic heterocycles. The van der Waals surface area contributed by atoms with Gasteiger partial charge in [0.2, 0.25) is 5.88 Å². The first-order chi connectivity index (χ1) is 16.5. The summed E-state index contributed by atoms with van der Waals surface area (Å²) in [6, 6.07) is 5.46. The number of aliphatic carboxylic acids is 1. The maximum atomic E-state index is 11.3. The Labute approximate surface area is 197 Å². The summed E-state index contributed by atoms with van der Waals surface area (Å²) < 4.78 is 13.5.